The Morgan fingerprint density at radius 1 is 1.04 bits per heavy atom. The van der Waals surface area contributed by atoms with Crippen molar-refractivity contribution in [3.8, 4) is 5.75 Å². The minimum atomic E-state index is -0.115. The quantitative estimate of drug-likeness (QED) is 0.854. The molecule has 25 heavy (non-hydrogen) atoms. The minimum absolute atomic E-state index is 0.101. The first-order valence-electron chi connectivity index (χ1n) is 8.56. The number of furan rings is 1. The van der Waals surface area contributed by atoms with Gasteiger partial charge in [0.2, 0.25) is 5.91 Å². The van der Waals surface area contributed by atoms with Gasteiger partial charge < -0.3 is 19.0 Å². The van der Waals surface area contributed by atoms with Gasteiger partial charge in [-0.2, -0.15) is 0 Å². The number of hydrogen-bond acceptors (Lipinski definition) is 4. The Labute approximate surface area is 146 Å². The highest BCUT2D eigenvalue weighted by Gasteiger charge is 2.26. The molecule has 0 bridgehead atoms. The Hall–Kier alpha value is -2.76. The van der Waals surface area contributed by atoms with E-state index in [-0.39, 0.29) is 11.8 Å². The number of carbonyl (C=O) groups excluding carboxylic acids is 2. The van der Waals surface area contributed by atoms with Crippen LogP contribution in [0.15, 0.2) is 41.0 Å². The molecule has 0 saturated carbocycles. The van der Waals surface area contributed by atoms with E-state index < -0.39 is 0 Å². The molecule has 0 unspecified atom stereocenters. The molecule has 6 heteroatoms. The van der Waals surface area contributed by atoms with Gasteiger partial charge in [0.05, 0.1) is 19.3 Å². The van der Waals surface area contributed by atoms with Crippen molar-refractivity contribution >= 4 is 11.8 Å². The monoisotopic (exact) mass is 340 g/mol. The van der Waals surface area contributed by atoms with E-state index in [4.69, 9.17) is 9.15 Å². The van der Waals surface area contributed by atoms with Crippen molar-refractivity contribution in [2.45, 2.75) is 12.8 Å². The van der Waals surface area contributed by atoms with Gasteiger partial charge in [0.1, 0.15) is 5.75 Å². The van der Waals surface area contributed by atoms with Crippen molar-refractivity contribution in [3.05, 3.63) is 53.5 Å². The van der Waals surface area contributed by atoms with Crippen molar-refractivity contribution < 1.29 is 18.7 Å². The first-order chi connectivity index (χ1) is 12.2. The average molecular weight is 340 g/mol. The number of nitrogens with zero attached hydrogens (tertiary/aromatic N) is 2. The maximum Gasteiger partial charge on any atom is 0.289 e. The molecule has 4 rings (SSSR count). The van der Waals surface area contributed by atoms with Gasteiger partial charge in [0, 0.05) is 32.6 Å². The molecule has 130 valence electrons. The molecule has 0 radical (unpaired) electrons. The maximum absolute atomic E-state index is 12.5. The van der Waals surface area contributed by atoms with Crippen molar-refractivity contribution in [3.63, 3.8) is 0 Å². The third-order valence-corrected chi connectivity index (χ3v) is 4.76. The molecule has 1 aromatic heterocycles. The molecule has 1 aromatic carbocycles. The summed E-state index contributed by atoms with van der Waals surface area (Å²) in [4.78, 5) is 28.4. The third-order valence-electron chi connectivity index (χ3n) is 4.76. The van der Waals surface area contributed by atoms with Crippen LogP contribution < -0.4 is 4.74 Å². The molecular weight excluding hydrogens is 320 g/mol. The molecule has 0 N–H and O–H groups in total. The van der Waals surface area contributed by atoms with Crippen LogP contribution in [0.5, 0.6) is 5.75 Å². The number of rotatable bonds is 3. The lowest BCUT2D eigenvalue weighted by molar-refractivity contribution is -0.131. The number of ether oxygens (including phenoxy) is 1. The zero-order chi connectivity index (χ0) is 17.2. The van der Waals surface area contributed by atoms with Crippen LogP contribution in [-0.2, 0) is 17.6 Å². The number of fused-ring (bicyclic) bond motifs is 1. The Bertz CT molecular complexity index is 777. The van der Waals surface area contributed by atoms with E-state index in [1.807, 2.05) is 17.0 Å². The van der Waals surface area contributed by atoms with Crippen LogP contribution in [0.25, 0.3) is 0 Å². The Morgan fingerprint density at radius 2 is 1.84 bits per heavy atom. The van der Waals surface area contributed by atoms with Crippen molar-refractivity contribution in [1.29, 1.82) is 0 Å². The molecule has 2 aliphatic heterocycles. The molecule has 6 nitrogen and oxygen atoms in total. The summed E-state index contributed by atoms with van der Waals surface area (Å²) in [5.74, 6) is 1.26. The zero-order valence-corrected chi connectivity index (χ0v) is 13.9. The fourth-order valence-electron chi connectivity index (χ4n) is 3.35. The second-order valence-corrected chi connectivity index (χ2v) is 6.37. The van der Waals surface area contributed by atoms with E-state index in [1.165, 1.54) is 11.8 Å². The van der Waals surface area contributed by atoms with E-state index in [0.29, 0.717) is 38.4 Å². The molecular formula is C19H20N2O4. The summed E-state index contributed by atoms with van der Waals surface area (Å²) >= 11 is 0. The summed E-state index contributed by atoms with van der Waals surface area (Å²) < 4.78 is 10.7. The van der Waals surface area contributed by atoms with Gasteiger partial charge in [-0.3, -0.25) is 9.59 Å². The van der Waals surface area contributed by atoms with Gasteiger partial charge >= 0.3 is 0 Å². The summed E-state index contributed by atoms with van der Waals surface area (Å²) in [5, 5.41) is 0. The molecule has 0 aliphatic carbocycles. The van der Waals surface area contributed by atoms with Crippen LogP contribution in [-0.4, -0.2) is 54.4 Å². The molecule has 1 saturated heterocycles. The topological polar surface area (TPSA) is 63.0 Å². The van der Waals surface area contributed by atoms with E-state index >= 15 is 0 Å². The van der Waals surface area contributed by atoms with Gasteiger partial charge in [-0.1, -0.05) is 12.1 Å². The van der Waals surface area contributed by atoms with Crippen LogP contribution in [0.2, 0.25) is 0 Å². The summed E-state index contributed by atoms with van der Waals surface area (Å²) in [7, 11) is 0. The summed E-state index contributed by atoms with van der Waals surface area (Å²) in [6.07, 6.45) is 2.79. The fourth-order valence-corrected chi connectivity index (χ4v) is 3.35. The van der Waals surface area contributed by atoms with Gasteiger partial charge in [0.25, 0.3) is 5.91 Å². The summed E-state index contributed by atoms with van der Waals surface area (Å²) in [5.41, 5.74) is 2.20. The number of benzene rings is 1. The van der Waals surface area contributed by atoms with Crippen molar-refractivity contribution in [2.75, 3.05) is 32.8 Å². The van der Waals surface area contributed by atoms with Gasteiger partial charge in [-0.25, -0.2) is 0 Å². The van der Waals surface area contributed by atoms with E-state index in [9.17, 15) is 9.59 Å². The number of amides is 2. The normalized spacial score (nSPS) is 16.5. The van der Waals surface area contributed by atoms with Crippen molar-refractivity contribution in [1.82, 2.24) is 9.80 Å². The van der Waals surface area contributed by atoms with Crippen LogP contribution in [0, 0.1) is 0 Å². The summed E-state index contributed by atoms with van der Waals surface area (Å²) in [6, 6.07) is 9.34. The fraction of sp³-hybridized carbons (Fsp3) is 0.368. The molecule has 2 aliphatic rings. The predicted octanol–water partition coefficient (Wildman–Crippen LogP) is 1.74. The predicted molar refractivity (Wildman–Crippen MR) is 90.5 cm³/mol. The Balaban J connectivity index is 1.33. The van der Waals surface area contributed by atoms with Crippen LogP contribution >= 0.6 is 0 Å². The molecule has 0 spiro atoms. The van der Waals surface area contributed by atoms with Crippen molar-refractivity contribution in [2.24, 2.45) is 0 Å². The highest BCUT2D eigenvalue weighted by atomic mass is 16.5. The average Bonchev–Trinajstić information content (AvgIpc) is 3.32. The SMILES string of the molecule is O=C(Cc1ccc2c(c1)CCO2)N1CCN(C(=O)c2ccco2)CC1. The zero-order valence-electron chi connectivity index (χ0n) is 13.9. The smallest absolute Gasteiger partial charge is 0.289 e. The molecule has 1 fully saturated rings. The summed E-state index contributed by atoms with van der Waals surface area (Å²) in [6.45, 7) is 2.89. The standard InChI is InChI=1S/C19H20N2O4/c22-18(13-14-3-4-16-15(12-14)5-11-25-16)20-6-8-21(9-7-20)19(23)17-2-1-10-24-17/h1-4,10,12H,5-9,11,13H2. The molecule has 0 atom stereocenters. The Morgan fingerprint density at radius 3 is 2.60 bits per heavy atom. The number of hydrogen-bond donors (Lipinski definition) is 0. The molecule has 2 amide bonds. The number of carbonyl (C=O) groups is 2. The van der Waals surface area contributed by atoms with E-state index in [0.717, 1.165) is 24.3 Å². The van der Waals surface area contributed by atoms with E-state index in [2.05, 4.69) is 6.07 Å². The lowest BCUT2D eigenvalue weighted by atomic mass is 10.1. The first kappa shape index (κ1) is 15.7. The second kappa shape index (κ2) is 6.63. The van der Waals surface area contributed by atoms with Gasteiger partial charge in [-0.15, -0.1) is 0 Å². The van der Waals surface area contributed by atoms with Gasteiger partial charge in [-0.05, 0) is 29.3 Å². The van der Waals surface area contributed by atoms with Crippen LogP contribution in [0.3, 0.4) is 0 Å². The lowest BCUT2D eigenvalue weighted by Crippen LogP contribution is -2.50. The van der Waals surface area contributed by atoms with Crippen LogP contribution in [0.1, 0.15) is 21.7 Å². The maximum atomic E-state index is 12.5. The second-order valence-electron chi connectivity index (χ2n) is 6.37. The molecule has 3 heterocycles. The highest BCUT2D eigenvalue weighted by molar-refractivity contribution is 5.91. The lowest BCUT2D eigenvalue weighted by Gasteiger charge is -2.34. The highest BCUT2D eigenvalue weighted by Crippen LogP contribution is 2.26. The van der Waals surface area contributed by atoms with Crippen LogP contribution in [0.4, 0.5) is 0 Å². The van der Waals surface area contributed by atoms with Gasteiger partial charge in [0.15, 0.2) is 5.76 Å². The largest absolute Gasteiger partial charge is 0.493 e. The third kappa shape index (κ3) is 3.24. The minimum Gasteiger partial charge on any atom is -0.493 e. The number of piperazine rings is 1. The first-order valence-corrected chi connectivity index (χ1v) is 8.56. The molecule has 2 aromatic rings. The van der Waals surface area contributed by atoms with E-state index in [1.54, 1.807) is 17.0 Å². The Kier molecular flexibility index (Phi) is 4.17.